The van der Waals surface area contributed by atoms with Gasteiger partial charge in [-0.15, -0.1) is 10.2 Å². The number of anilines is 1. The third-order valence-corrected chi connectivity index (χ3v) is 3.44. The number of hydrogen-bond donors (Lipinski definition) is 1. The topological polar surface area (TPSA) is 80.9 Å². The van der Waals surface area contributed by atoms with E-state index in [1.165, 1.54) is 12.1 Å². The summed E-state index contributed by atoms with van der Waals surface area (Å²) < 4.78 is 15.2. The maximum Gasteiger partial charge on any atom is 0.203 e. The van der Waals surface area contributed by atoms with Gasteiger partial charge in [0.25, 0.3) is 0 Å². The van der Waals surface area contributed by atoms with Crippen molar-refractivity contribution in [1.29, 1.82) is 0 Å². The Morgan fingerprint density at radius 3 is 2.71 bits per heavy atom. The van der Waals surface area contributed by atoms with E-state index >= 15 is 0 Å². The fourth-order valence-electron chi connectivity index (χ4n) is 2.36. The highest BCUT2D eigenvalue weighted by molar-refractivity contribution is 5.67. The highest BCUT2D eigenvalue weighted by Crippen LogP contribution is 2.21. The first kappa shape index (κ1) is 14.2. The van der Waals surface area contributed by atoms with Crippen molar-refractivity contribution < 1.29 is 4.39 Å². The zero-order valence-corrected chi connectivity index (χ0v) is 12.5. The van der Waals surface area contributed by atoms with E-state index in [0.29, 0.717) is 35.2 Å². The van der Waals surface area contributed by atoms with Crippen molar-refractivity contribution >= 4 is 11.5 Å². The first-order valence-corrected chi connectivity index (χ1v) is 7.27. The molecule has 4 rings (SSSR count). The van der Waals surface area contributed by atoms with Crippen LogP contribution in [0.4, 0.5) is 10.2 Å². The van der Waals surface area contributed by atoms with E-state index in [1.54, 1.807) is 47.4 Å². The van der Waals surface area contributed by atoms with Crippen LogP contribution < -0.4 is 5.32 Å². The number of fused-ring (bicyclic) bond motifs is 1. The third kappa shape index (κ3) is 2.65. The van der Waals surface area contributed by atoms with Crippen molar-refractivity contribution in [3.63, 3.8) is 0 Å². The van der Waals surface area contributed by atoms with Gasteiger partial charge in [-0.2, -0.15) is 0 Å². The van der Waals surface area contributed by atoms with Crippen molar-refractivity contribution in [2.45, 2.75) is 6.54 Å². The molecule has 0 aliphatic rings. The van der Waals surface area contributed by atoms with Crippen LogP contribution in [-0.4, -0.2) is 29.5 Å². The lowest BCUT2D eigenvalue weighted by molar-refractivity contribution is 0.628. The minimum absolute atomic E-state index is 0.321. The number of benzene rings is 1. The minimum atomic E-state index is -0.321. The van der Waals surface area contributed by atoms with E-state index in [0.717, 1.165) is 0 Å². The molecule has 0 unspecified atom stereocenters. The molecule has 0 aliphatic carbocycles. The lowest BCUT2D eigenvalue weighted by Gasteiger charge is -2.06. The molecule has 0 saturated heterocycles. The Labute approximate surface area is 136 Å². The number of hydrogen-bond acceptors (Lipinski definition) is 6. The second kappa shape index (κ2) is 5.99. The van der Waals surface area contributed by atoms with Crippen LogP contribution in [0.3, 0.4) is 0 Å². The Bertz CT molecular complexity index is 984. The molecular formula is C16H12FN7. The maximum atomic E-state index is 13.5. The van der Waals surface area contributed by atoms with Crippen LogP contribution in [0.25, 0.3) is 17.0 Å². The van der Waals surface area contributed by atoms with Gasteiger partial charge in [0.05, 0.1) is 6.54 Å². The van der Waals surface area contributed by atoms with Crippen molar-refractivity contribution in [2.75, 3.05) is 5.32 Å². The number of aromatic nitrogens is 6. The van der Waals surface area contributed by atoms with Gasteiger partial charge in [-0.3, -0.25) is 4.40 Å². The summed E-state index contributed by atoms with van der Waals surface area (Å²) in [6.45, 7) is 0.412. The predicted octanol–water partition coefficient (Wildman–Crippen LogP) is 2.33. The summed E-state index contributed by atoms with van der Waals surface area (Å²) in [4.78, 5) is 12.6. The fraction of sp³-hybridized carbons (Fsp3) is 0.0625. The van der Waals surface area contributed by atoms with E-state index in [2.05, 4.69) is 30.5 Å². The van der Waals surface area contributed by atoms with Crippen molar-refractivity contribution in [1.82, 2.24) is 29.5 Å². The van der Waals surface area contributed by atoms with Gasteiger partial charge in [-0.1, -0.05) is 12.1 Å². The molecule has 0 saturated carbocycles. The number of nitrogens with one attached hydrogen (secondary N) is 1. The summed E-state index contributed by atoms with van der Waals surface area (Å²) in [7, 11) is 0. The monoisotopic (exact) mass is 321 g/mol. The van der Waals surface area contributed by atoms with Gasteiger partial charge >= 0.3 is 0 Å². The van der Waals surface area contributed by atoms with Crippen LogP contribution in [-0.2, 0) is 6.54 Å². The third-order valence-electron chi connectivity index (χ3n) is 3.44. The molecule has 7 nitrogen and oxygen atoms in total. The smallest absolute Gasteiger partial charge is 0.203 e. The summed E-state index contributed by atoms with van der Waals surface area (Å²) in [5.74, 6) is 1.43. The minimum Gasteiger partial charge on any atom is -0.360 e. The average molecular weight is 321 g/mol. The van der Waals surface area contributed by atoms with Gasteiger partial charge in [0, 0.05) is 30.4 Å². The first-order valence-electron chi connectivity index (χ1n) is 7.27. The molecule has 8 heteroatoms. The van der Waals surface area contributed by atoms with Crippen molar-refractivity contribution in [2.24, 2.45) is 0 Å². The summed E-state index contributed by atoms with van der Waals surface area (Å²) >= 11 is 0. The number of nitrogens with zero attached hydrogens (tertiary/aromatic N) is 6. The molecule has 0 bridgehead atoms. The molecule has 0 atom stereocenters. The van der Waals surface area contributed by atoms with Crippen LogP contribution >= 0.6 is 0 Å². The van der Waals surface area contributed by atoms with Crippen LogP contribution in [0, 0.1) is 5.82 Å². The Balaban J connectivity index is 1.69. The second-order valence-electron chi connectivity index (χ2n) is 5.02. The second-order valence-corrected chi connectivity index (χ2v) is 5.02. The van der Waals surface area contributed by atoms with Crippen LogP contribution in [0.1, 0.15) is 5.82 Å². The summed E-state index contributed by atoms with van der Waals surface area (Å²) in [6, 6.07) is 7.99. The van der Waals surface area contributed by atoms with E-state index in [1.807, 2.05) is 0 Å². The molecule has 1 aromatic carbocycles. The highest BCUT2D eigenvalue weighted by atomic mass is 19.1. The van der Waals surface area contributed by atoms with E-state index in [-0.39, 0.29) is 5.82 Å². The fourth-order valence-corrected chi connectivity index (χ4v) is 2.36. The largest absolute Gasteiger partial charge is 0.360 e. The molecule has 118 valence electrons. The Hall–Kier alpha value is -3.42. The Morgan fingerprint density at radius 1 is 1.00 bits per heavy atom. The number of rotatable bonds is 4. The predicted molar refractivity (Wildman–Crippen MR) is 85.5 cm³/mol. The van der Waals surface area contributed by atoms with Gasteiger partial charge in [0.2, 0.25) is 5.65 Å². The van der Waals surface area contributed by atoms with E-state index in [9.17, 15) is 4.39 Å². The lowest BCUT2D eigenvalue weighted by Crippen LogP contribution is -2.06. The summed E-state index contributed by atoms with van der Waals surface area (Å²) in [5, 5.41) is 11.5. The quantitative estimate of drug-likeness (QED) is 0.621. The van der Waals surface area contributed by atoms with Gasteiger partial charge < -0.3 is 5.32 Å². The molecular weight excluding hydrogens is 309 g/mol. The zero-order valence-electron chi connectivity index (χ0n) is 12.5. The lowest BCUT2D eigenvalue weighted by atomic mass is 10.2. The summed E-state index contributed by atoms with van der Waals surface area (Å²) in [6.07, 6.45) is 6.72. The van der Waals surface area contributed by atoms with Gasteiger partial charge in [-0.25, -0.2) is 19.3 Å². The summed E-state index contributed by atoms with van der Waals surface area (Å²) in [5.41, 5.74) is 1.19. The molecule has 24 heavy (non-hydrogen) atoms. The zero-order chi connectivity index (χ0) is 16.4. The average Bonchev–Trinajstić information content (AvgIpc) is 3.05. The molecule has 0 radical (unpaired) electrons. The molecule has 4 aromatic rings. The standard InChI is InChI=1S/C16H12FN7/c17-12-4-1-3-11(9-12)15-22-23-16-14(20-7-8-24(15)16)21-10-13-18-5-2-6-19-13/h1-9H,10H2,(H,20,21). The Morgan fingerprint density at radius 2 is 1.88 bits per heavy atom. The molecule has 3 aromatic heterocycles. The molecule has 3 heterocycles. The SMILES string of the molecule is Fc1cccc(-c2nnc3c(NCc4ncccn4)nccn23)c1. The highest BCUT2D eigenvalue weighted by Gasteiger charge is 2.12. The normalized spacial score (nSPS) is 10.9. The maximum absolute atomic E-state index is 13.5. The number of halogens is 1. The van der Waals surface area contributed by atoms with Crippen molar-refractivity contribution in [3.05, 3.63) is 66.8 Å². The van der Waals surface area contributed by atoms with E-state index in [4.69, 9.17) is 0 Å². The van der Waals surface area contributed by atoms with Crippen LogP contribution in [0.15, 0.2) is 55.1 Å². The van der Waals surface area contributed by atoms with Gasteiger partial charge in [-0.05, 0) is 18.2 Å². The Kier molecular flexibility index (Phi) is 3.54. The van der Waals surface area contributed by atoms with Gasteiger partial charge in [0.1, 0.15) is 11.6 Å². The molecule has 0 spiro atoms. The van der Waals surface area contributed by atoms with Crippen molar-refractivity contribution in [3.8, 4) is 11.4 Å². The van der Waals surface area contributed by atoms with Gasteiger partial charge in [0.15, 0.2) is 11.6 Å². The van der Waals surface area contributed by atoms with E-state index < -0.39 is 0 Å². The van der Waals surface area contributed by atoms with Crippen LogP contribution in [0.5, 0.6) is 0 Å². The first-order chi connectivity index (χ1) is 11.8. The molecule has 0 amide bonds. The molecule has 1 N–H and O–H groups in total. The molecule has 0 fully saturated rings. The van der Waals surface area contributed by atoms with Crippen LogP contribution in [0.2, 0.25) is 0 Å². The molecule has 0 aliphatic heterocycles.